The van der Waals surface area contributed by atoms with Gasteiger partial charge in [-0.1, -0.05) is 24.3 Å². The van der Waals surface area contributed by atoms with Crippen LogP contribution >= 0.6 is 0 Å². The first-order valence-electron chi connectivity index (χ1n) is 10.7. The molecule has 2 fully saturated rings. The van der Waals surface area contributed by atoms with Crippen molar-refractivity contribution < 1.29 is 14.3 Å². The first kappa shape index (κ1) is 20.4. The fourth-order valence-corrected chi connectivity index (χ4v) is 4.45. The van der Waals surface area contributed by atoms with Crippen LogP contribution < -0.4 is 10.1 Å². The zero-order valence-electron chi connectivity index (χ0n) is 17.6. The molecular weight excluding hydrogens is 378 g/mol. The molecule has 1 saturated carbocycles. The number of carbonyl (C=O) groups is 2. The van der Waals surface area contributed by atoms with E-state index >= 15 is 0 Å². The summed E-state index contributed by atoms with van der Waals surface area (Å²) in [5, 5.41) is 3.04. The highest BCUT2D eigenvalue weighted by Gasteiger charge is 2.58. The molecular formula is C24H29N3O3. The van der Waals surface area contributed by atoms with Crippen LogP contribution in [0.3, 0.4) is 0 Å². The highest BCUT2D eigenvalue weighted by atomic mass is 16.5. The highest BCUT2D eigenvalue weighted by molar-refractivity contribution is 5.83. The number of rotatable bonds is 6. The lowest BCUT2D eigenvalue weighted by Crippen LogP contribution is -2.45. The van der Waals surface area contributed by atoms with Crippen LogP contribution in [0.15, 0.2) is 48.5 Å². The number of amides is 2. The number of hydrogen-bond acceptors (Lipinski definition) is 4. The SMILES string of the molecule is Cc1cccc(CNC(=O)C2CC23CCN(C(=O)C(C)Oc2ccccc2)CC3)n1. The monoisotopic (exact) mass is 407 g/mol. The number of aromatic nitrogens is 1. The number of para-hydroxylation sites is 1. The molecule has 2 amide bonds. The van der Waals surface area contributed by atoms with Gasteiger partial charge in [-0.05, 0) is 62.8 Å². The number of piperidine rings is 1. The number of nitrogens with zero attached hydrogens (tertiary/aromatic N) is 2. The molecule has 1 aliphatic heterocycles. The summed E-state index contributed by atoms with van der Waals surface area (Å²) in [4.78, 5) is 31.7. The van der Waals surface area contributed by atoms with E-state index in [-0.39, 0.29) is 23.1 Å². The standard InChI is InChI=1S/C24H29N3O3/c1-17-7-6-8-19(26-17)16-25-22(28)21-15-24(21)11-13-27(14-12-24)23(29)18(2)30-20-9-4-3-5-10-20/h3-10,18,21H,11-16H2,1-2H3,(H,25,28). The van der Waals surface area contributed by atoms with E-state index in [2.05, 4.69) is 10.3 Å². The van der Waals surface area contributed by atoms with Crippen molar-refractivity contribution in [1.29, 1.82) is 0 Å². The molecule has 1 saturated heterocycles. The van der Waals surface area contributed by atoms with Gasteiger partial charge in [-0.3, -0.25) is 14.6 Å². The van der Waals surface area contributed by atoms with Gasteiger partial charge in [0.2, 0.25) is 5.91 Å². The Morgan fingerprint density at radius 3 is 2.60 bits per heavy atom. The maximum Gasteiger partial charge on any atom is 0.263 e. The Hall–Kier alpha value is -2.89. The molecule has 1 aliphatic carbocycles. The van der Waals surface area contributed by atoms with Crippen molar-refractivity contribution in [3.05, 3.63) is 59.9 Å². The first-order chi connectivity index (χ1) is 14.5. The summed E-state index contributed by atoms with van der Waals surface area (Å²) < 4.78 is 5.78. The van der Waals surface area contributed by atoms with E-state index in [1.165, 1.54) is 0 Å². The number of aryl methyl sites for hydroxylation is 1. The third kappa shape index (κ3) is 4.48. The van der Waals surface area contributed by atoms with Gasteiger partial charge in [0.15, 0.2) is 6.10 Å². The molecule has 1 aromatic carbocycles. The molecule has 4 rings (SSSR count). The van der Waals surface area contributed by atoms with Gasteiger partial charge in [-0.25, -0.2) is 0 Å². The number of pyridine rings is 1. The van der Waals surface area contributed by atoms with E-state index in [0.29, 0.717) is 25.4 Å². The Morgan fingerprint density at radius 2 is 1.90 bits per heavy atom. The molecule has 2 heterocycles. The van der Waals surface area contributed by atoms with E-state index in [1.54, 1.807) is 6.92 Å². The molecule has 1 spiro atoms. The van der Waals surface area contributed by atoms with Crippen LogP contribution in [0, 0.1) is 18.3 Å². The van der Waals surface area contributed by atoms with Crippen LogP contribution in [0.4, 0.5) is 0 Å². The molecule has 0 radical (unpaired) electrons. The third-order valence-electron chi connectivity index (χ3n) is 6.37. The second-order valence-corrected chi connectivity index (χ2v) is 8.51. The highest BCUT2D eigenvalue weighted by Crippen LogP contribution is 2.59. The Bertz CT molecular complexity index is 907. The Morgan fingerprint density at radius 1 is 1.17 bits per heavy atom. The second kappa shape index (κ2) is 8.46. The van der Waals surface area contributed by atoms with Crippen LogP contribution in [0.2, 0.25) is 0 Å². The fourth-order valence-electron chi connectivity index (χ4n) is 4.45. The molecule has 0 bridgehead atoms. The molecule has 1 N–H and O–H groups in total. The summed E-state index contributed by atoms with van der Waals surface area (Å²) in [6.45, 7) is 5.58. The summed E-state index contributed by atoms with van der Waals surface area (Å²) in [5.74, 6) is 0.881. The number of hydrogen-bond donors (Lipinski definition) is 1. The van der Waals surface area contributed by atoms with Crippen LogP contribution in [0.25, 0.3) is 0 Å². The Balaban J connectivity index is 1.24. The van der Waals surface area contributed by atoms with Crippen molar-refractivity contribution in [3.63, 3.8) is 0 Å². The van der Waals surface area contributed by atoms with Crippen molar-refractivity contribution in [1.82, 2.24) is 15.2 Å². The summed E-state index contributed by atoms with van der Waals surface area (Å²) >= 11 is 0. The summed E-state index contributed by atoms with van der Waals surface area (Å²) in [7, 11) is 0. The van der Waals surface area contributed by atoms with Crippen molar-refractivity contribution in [3.8, 4) is 5.75 Å². The molecule has 2 aliphatic rings. The maximum absolute atomic E-state index is 12.8. The van der Waals surface area contributed by atoms with Gasteiger partial charge in [0.05, 0.1) is 12.2 Å². The number of nitrogens with one attached hydrogen (secondary N) is 1. The van der Waals surface area contributed by atoms with Crippen molar-refractivity contribution in [2.75, 3.05) is 13.1 Å². The third-order valence-corrected chi connectivity index (χ3v) is 6.37. The van der Waals surface area contributed by atoms with Gasteiger partial charge >= 0.3 is 0 Å². The average molecular weight is 408 g/mol. The minimum absolute atomic E-state index is 0.0147. The quantitative estimate of drug-likeness (QED) is 0.799. The van der Waals surface area contributed by atoms with E-state index in [0.717, 1.165) is 30.7 Å². The minimum Gasteiger partial charge on any atom is -0.481 e. The smallest absolute Gasteiger partial charge is 0.263 e. The average Bonchev–Trinajstić information content (AvgIpc) is 3.46. The lowest BCUT2D eigenvalue weighted by atomic mass is 9.90. The van der Waals surface area contributed by atoms with Gasteiger partial charge in [0.25, 0.3) is 5.91 Å². The summed E-state index contributed by atoms with van der Waals surface area (Å²) in [6, 6.07) is 15.2. The number of likely N-dealkylation sites (tertiary alicyclic amines) is 1. The van der Waals surface area contributed by atoms with E-state index in [1.807, 2.05) is 60.4 Å². The molecule has 30 heavy (non-hydrogen) atoms. The Kier molecular flexibility index (Phi) is 5.75. The molecule has 2 aromatic rings. The lowest BCUT2D eigenvalue weighted by molar-refractivity contribution is -0.139. The van der Waals surface area contributed by atoms with Crippen LogP contribution in [-0.2, 0) is 16.1 Å². The molecule has 2 unspecified atom stereocenters. The van der Waals surface area contributed by atoms with E-state index < -0.39 is 6.10 Å². The van der Waals surface area contributed by atoms with Crippen LogP contribution in [0.5, 0.6) is 5.75 Å². The number of carbonyl (C=O) groups excluding carboxylic acids is 2. The minimum atomic E-state index is -0.512. The molecule has 158 valence electrons. The second-order valence-electron chi connectivity index (χ2n) is 8.51. The summed E-state index contributed by atoms with van der Waals surface area (Å²) in [5.41, 5.74) is 1.89. The van der Waals surface area contributed by atoms with E-state index in [9.17, 15) is 9.59 Å². The van der Waals surface area contributed by atoms with Gasteiger partial charge in [-0.2, -0.15) is 0 Å². The predicted octanol–water partition coefficient (Wildman–Crippen LogP) is 3.10. The van der Waals surface area contributed by atoms with Crippen LogP contribution in [-0.4, -0.2) is 40.9 Å². The summed E-state index contributed by atoms with van der Waals surface area (Å²) in [6.07, 6.45) is 2.15. The van der Waals surface area contributed by atoms with Crippen LogP contribution in [0.1, 0.15) is 37.6 Å². The van der Waals surface area contributed by atoms with Gasteiger partial charge in [0.1, 0.15) is 5.75 Å². The zero-order valence-corrected chi connectivity index (χ0v) is 17.6. The van der Waals surface area contributed by atoms with Crippen molar-refractivity contribution in [2.45, 2.75) is 45.8 Å². The normalized spacial score (nSPS) is 20.5. The van der Waals surface area contributed by atoms with Gasteiger partial charge in [-0.15, -0.1) is 0 Å². The van der Waals surface area contributed by atoms with Gasteiger partial charge < -0.3 is 15.0 Å². The molecule has 1 aromatic heterocycles. The fraction of sp³-hybridized carbons (Fsp3) is 0.458. The predicted molar refractivity (Wildman–Crippen MR) is 114 cm³/mol. The first-order valence-corrected chi connectivity index (χ1v) is 10.7. The largest absolute Gasteiger partial charge is 0.481 e. The molecule has 6 nitrogen and oxygen atoms in total. The maximum atomic E-state index is 12.8. The topological polar surface area (TPSA) is 71.5 Å². The van der Waals surface area contributed by atoms with Gasteiger partial charge in [0, 0.05) is 24.7 Å². The molecule has 6 heteroatoms. The number of benzene rings is 1. The number of ether oxygens (including phenoxy) is 1. The molecule has 2 atom stereocenters. The van der Waals surface area contributed by atoms with Crippen molar-refractivity contribution in [2.24, 2.45) is 11.3 Å². The van der Waals surface area contributed by atoms with E-state index in [4.69, 9.17) is 4.74 Å². The Labute approximate surface area is 177 Å². The zero-order chi connectivity index (χ0) is 21.1. The van der Waals surface area contributed by atoms with Crippen molar-refractivity contribution >= 4 is 11.8 Å². The lowest BCUT2D eigenvalue weighted by Gasteiger charge is -2.34.